The lowest BCUT2D eigenvalue weighted by Crippen LogP contribution is -2.19. The maximum atomic E-state index is 11.4. The standard InChI is InChI=1S/C15H16O/c1-12-10-15(2,9-8-14(12)16)11-13-6-4-3-5-7-13/h3-10H,11H2,1-2H3. The highest BCUT2D eigenvalue weighted by molar-refractivity contribution is 6.04. The third kappa shape index (κ3) is 2.30. The molecule has 1 aromatic rings. The van der Waals surface area contributed by atoms with Crippen molar-refractivity contribution in [2.75, 3.05) is 0 Å². The number of carbonyl (C=O) groups is 1. The Morgan fingerprint density at radius 3 is 2.50 bits per heavy atom. The molecule has 0 radical (unpaired) electrons. The second-order valence-corrected chi connectivity index (χ2v) is 4.69. The molecular formula is C15H16O. The summed E-state index contributed by atoms with van der Waals surface area (Å²) in [5, 5.41) is 0. The second kappa shape index (κ2) is 4.09. The van der Waals surface area contributed by atoms with Crippen molar-refractivity contribution in [3.05, 3.63) is 59.7 Å². The second-order valence-electron chi connectivity index (χ2n) is 4.69. The highest BCUT2D eigenvalue weighted by Gasteiger charge is 2.23. The van der Waals surface area contributed by atoms with E-state index in [1.54, 1.807) is 6.08 Å². The predicted molar refractivity (Wildman–Crippen MR) is 66.2 cm³/mol. The Labute approximate surface area is 96.5 Å². The molecule has 1 atom stereocenters. The lowest BCUT2D eigenvalue weighted by molar-refractivity contribution is -0.111. The van der Waals surface area contributed by atoms with E-state index >= 15 is 0 Å². The average Bonchev–Trinajstić information content (AvgIpc) is 2.25. The summed E-state index contributed by atoms with van der Waals surface area (Å²) in [7, 11) is 0. The van der Waals surface area contributed by atoms with E-state index in [-0.39, 0.29) is 11.2 Å². The van der Waals surface area contributed by atoms with Gasteiger partial charge in [-0.15, -0.1) is 0 Å². The van der Waals surface area contributed by atoms with Gasteiger partial charge < -0.3 is 0 Å². The van der Waals surface area contributed by atoms with Crippen LogP contribution in [0.4, 0.5) is 0 Å². The molecule has 82 valence electrons. The van der Waals surface area contributed by atoms with Crippen molar-refractivity contribution in [1.29, 1.82) is 0 Å². The molecule has 0 N–H and O–H groups in total. The van der Waals surface area contributed by atoms with Gasteiger partial charge in [0.05, 0.1) is 0 Å². The quantitative estimate of drug-likeness (QED) is 0.735. The Bertz CT molecular complexity index is 454. The molecule has 16 heavy (non-hydrogen) atoms. The van der Waals surface area contributed by atoms with Crippen LogP contribution in [0.1, 0.15) is 19.4 Å². The summed E-state index contributed by atoms with van der Waals surface area (Å²) in [4.78, 5) is 11.4. The maximum absolute atomic E-state index is 11.4. The third-order valence-electron chi connectivity index (χ3n) is 2.98. The molecule has 1 aliphatic rings. The van der Waals surface area contributed by atoms with Crippen LogP contribution in [0.25, 0.3) is 0 Å². The van der Waals surface area contributed by atoms with E-state index in [2.05, 4.69) is 25.1 Å². The van der Waals surface area contributed by atoms with Crippen LogP contribution in [-0.2, 0) is 11.2 Å². The van der Waals surface area contributed by atoms with Gasteiger partial charge in [0.15, 0.2) is 5.78 Å². The van der Waals surface area contributed by atoms with Gasteiger partial charge in [0, 0.05) is 5.41 Å². The molecule has 1 aromatic carbocycles. The first-order valence-corrected chi connectivity index (χ1v) is 5.56. The predicted octanol–water partition coefficient (Wildman–Crippen LogP) is 3.32. The summed E-state index contributed by atoms with van der Waals surface area (Å²) in [6, 6.07) is 10.4. The first kappa shape index (κ1) is 10.9. The molecular weight excluding hydrogens is 196 g/mol. The fraction of sp³-hybridized carbons (Fsp3) is 0.267. The Kier molecular flexibility index (Phi) is 2.78. The largest absolute Gasteiger partial charge is 0.290 e. The third-order valence-corrected chi connectivity index (χ3v) is 2.98. The van der Waals surface area contributed by atoms with Crippen LogP contribution in [0.3, 0.4) is 0 Å². The van der Waals surface area contributed by atoms with Crippen LogP contribution >= 0.6 is 0 Å². The fourth-order valence-electron chi connectivity index (χ4n) is 2.16. The van der Waals surface area contributed by atoms with Crippen LogP contribution in [0, 0.1) is 5.41 Å². The molecule has 0 spiro atoms. The Hall–Kier alpha value is -1.63. The van der Waals surface area contributed by atoms with E-state index in [9.17, 15) is 4.79 Å². The molecule has 0 saturated carbocycles. The first-order valence-electron chi connectivity index (χ1n) is 5.56. The number of rotatable bonds is 2. The molecule has 2 rings (SSSR count). The summed E-state index contributed by atoms with van der Waals surface area (Å²) >= 11 is 0. The van der Waals surface area contributed by atoms with Crippen LogP contribution in [0.5, 0.6) is 0 Å². The number of carbonyl (C=O) groups excluding carboxylic acids is 1. The summed E-state index contributed by atoms with van der Waals surface area (Å²) in [6.45, 7) is 4.04. The zero-order chi connectivity index (χ0) is 11.6. The lowest BCUT2D eigenvalue weighted by atomic mass is 9.78. The zero-order valence-electron chi connectivity index (χ0n) is 9.73. The van der Waals surface area contributed by atoms with Gasteiger partial charge in [0.1, 0.15) is 0 Å². The van der Waals surface area contributed by atoms with Gasteiger partial charge in [0.2, 0.25) is 0 Å². The topological polar surface area (TPSA) is 17.1 Å². The summed E-state index contributed by atoms with van der Waals surface area (Å²) in [5.74, 6) is 0.130. The minimum atomic E-state index is -0.0284. The van der Waals surface area contributed by atoms with Gasteiger partial charge in [-0.3, -0.25) is 4.79 Å². The molecule has 0 saturated heterocycles. The first-order chi connectivity index (χ1) is 7.59. The Morgan fingerprint density at radius 1 is 1.19 bits per heavy atom. The molecule has 0 bridgehead atoms. The van der Waals surface area contributed by atoms with Gasteiger partial charge in [-0.05, 0) is 30.6 Å². The van der Waals surface area contributed by atoms with Crippen molar-refractivity contribution < 1.29 is 4.79 Å². The molecule has 1 nitrogen and oxygen atoms in total. The number of ketones is 1. The number of allylic oxidation sites excluding steroid dienone is 4. The fourth-order valence-corrected chi connectivity index (χ4v) is 2.16. The minimum absolute atomic E-state index is 0.0284. The van der Waals surface area contributed by atoms with E-state index in [0.29, 0.717) is 0 Å². The lowest BCUT2D eigenvalue weighted by Gasteiger charge is -2.25. The van der Waals surface area contributed by atoms with Crippen LogP contribution in [0.2, 0.25) is 0 Å². The van der Waals surface area contributed by atoms with E-state index < -0.39 is 0 Å². The average molecular weight is 212 g/mol. The molecule has 0 fully saturated rings. The minimum Gasteiger partial charge on any atom is -0.290 e. The van der Waals surface area contributed by atoms with Crippen molar-refractivity contribution in [1.82, 2.24) is 0 Å². The Morgan fingerprint density at radius 2 is 1.88 bits per heavy atom. The monoisotopic (exact) mass is 212 g/mol. The molecule has 1 aliphatic carbocycles. The summed E-state index contributed by atoms with van der Waals surface area (Å²) < 4.78 is 0. The summed E-state index contributed by atoms with van der Waals surface area (Å²) in [5.41, 5.74) is 2.12. The number of hydrogen-bond donors (Lipinski definition) is 0. The van der Waals surface area contributed by atoms with Gasteiger partial charge in [0.25, 0.3) is 0 Å². The van der Waals surface area contributed by atoms with Crippen molar-refractivity contribution in [3.8, 4) is 0 Å². The number of hydrogen-bond acceptors (Lipinski definition) is 1. The molecule has 0 aliphatic heterocycles. The van der Waals surface area contributed by atoms with Gasteiger partial charge in [-0.25, -0.2) is 0 Å². The highest BCUT2D eigenvalue weighted by Crippen LogP contribution is 2.30. The van der Waals surface area contributed by atoms with Gasteiger partial charge >= 0.3 is 0 Å². The van der Waals surface area contributed by atoms with E-state index in [1.165, 1.54) is 5.56 Å². The van der Waals surface area contributed by atoms with Crippen LogP contribution < -0.4 is 0 Å². The van der Waals surface area contributed by atoms with Crippen molar-refractivity contribution in [2.45, 2.75) is 20.3 Å². The molecule has 0 heterocycles. The van der Waals surface area contributed by atoms with Crippen LogP contribution in [-0.4, -0.2) is 5.78 Å². The smallest absolute Gasteiger partial charge is 0.180 e. The van der Waals surface area contributed by atoms with Crippen molar-refractivity contribution >= 4 is 5.78 Å². The van der Waals surface area contributed by atoms with E-state index in [1.807, 2.05) is 31.2 Å². The molecule has 0 amide bonds. The van der Waals surface area contributed by atoms with Crippen LogP contribution in [0.15, 0.2) is 54.1 Å². The van der Waals surface area contributed by atoms with Gasteiger partial charge in [-0.1, -0.05) is 49.4 Å². The normalized spacial score (nSPS) is 24.4. The Balaban J connectivity index is 2.22. The highest BCUT2D eigenvalue weighted by atomic mass is 16.1. The maximum Gasteiger partial charge on any atom is 0.180 e. The molecule has 1 heteroatoms. The number of benzene rings is 1. The van der Waals surface area contributed by atoms with E-state index in [0.717, 1.165) is 12.0 Å². The van der Waals surface area contributed by atoms with Crippen molar-refractivity contribution in [2.24, 2.45) is 5.41 Å². The van der Waals surface area contributed by atoms with Crippen molar-refractivity contribution in [3.63, 3.8) is 0 Å². The van der Waals surface area contributed by atoms with E-state index in [4.69, 9.17) is 0 Å². The zero-order valence-corrected chi connectivity index (χ0v) is 9.73. The molecule has 0 aromatic heterocycles. The SMILES string of the molecule is CC1=CC(C)(Cc2ccccc2)C=CC1=O. The summed E-state index contributed by atoms with van der Waals surface area (Å²) in [6.07, 6.45) is 6.71. The molecule has 1 unspecified atom stereocenters. The van der Waals surface area contributed by atoms with Gasteiger partial charge in [-0.2, -0.15) is 0 Å².